The lowest BCUT2D eigenvalue weighted by molar-refractivity contribution is -0.192. The third kappa shape index (κ3) is 8.39. The standard InChI is InChI=1S/C21H25N3O3.C2HF3O2/c1-27-19-9-7-17(8-10-19)15-24(21(26)18-5-3-2-4-6-18)16-20(25)23-13-11-22-12-14-23;3-2(4,5)1(6)7/h2-10,22H,11-16H2,1H3;(H,6,7). The summed E-state index contributed by atoms with van der Waals surface area (Å²) in [5.41, 5.74) is 1.53. The van der Waals surface area contributed by atoms with E-state index < -0.39 is 12.1 Å². The molecule has 0 spiro atoms. The van der Waals surface area contributed by atoms with E-state index >= 15 is 0 Å². The molecule has 1 fully saturated rings. The van der Waals surface area contributed by atoms with Crippen LogP contribution < -0.4 is 10.1 Å². The second kappa shape index (κ2) is 12.6. The lowest BCUT2D eigenvalue weighted by Gasteiger charge is -2.30. The zero-order chi connectivity index (χ0) is 25.1. The molecule has 2 amide bonds. The van der Waals surface area contributed by atoms with Crippen molar-refractivity contribution in [2.75, 3.05) is 39.8 Å². The first kappa shape index (κ1) is 26.7. The zero-order valence-electron chi connectivity index (χ0n) is 18.5. The highest BCUT2D eigenvalue weighted by molar-refractivity contribution is 5.96. The summed E-state index contributed by atoms with van der Waals surface area (Å²) in [6.07, 6.45) is -5.08. The third-order valence-corrected chi connectivity index (χ3v) is 4.88. The van der Waals surface area contributed by atoms with Gasteiger partial charge in [-0.05, 0) is 29.8 Å². The second-order valence-corrected chi connectivity index (χ2v) is 7.31. The number of nitrogens with one attached hydrogen (secondary N) is 1. The molecule has 0 aliphatic carbocycles. The lowest BCUT2D eigenvalue weighted by Crippen LogP contribution is -2.50. The van der Waals surface area contributed by atoms with Crippen molar-refractivity contribution in [1.29, 1.82) is 0 Å². The molecule has 0 aromatic heterocycles. The number of methoxy groups -OCH3 is 1. The number of amides is 2. The average Bonchev–Trinajstić information content (AvgIpc) is 2.84. The van der Waals surface area contributed by atoms with Crippen LogP contribution in [0.15, 0.2) is 54.6 Å². The molecule has 0 saturated carbocycles. The van der Waals surface area contributed by atoms with Gasteiger partial charge >= 0.3 is 12.1 Å². The van der Waals surface area contributed by atoms with Crippen LogP contribution in [0.4, 0.5) is 13.2 Å². The number of carbonyl (C=O) groups excluding carboxylic acids is 2. The van der Waals surface area contributed by atoms with Crippen molar-refractivity contribution < 1.29 is 37.4 Å². The van der Waals surface area contributed by atoms with E-state index in [1.54, 1.807) is 24.1 Å². The number of alkyl halides is 3. The van der Waals surface area contributed by atoms with Crippen molar-refractivity contribution in [2.24, 2.45) is 0 Å². The van der Waals surface area contributed by atoms with Gasteiger partial charge in [-0.1, -0.05) is 30.3 Å². The number of hydrogen-bond acceptors (Lipinski definition) is 5. The van der Waals surface area contributed by atoms with Gasteiger partial charge in [0, 0.05) is 38.3 Å². The van der Waals surface area contributed by atoms with Gasteiger partial charge in [0.05, 0.1) is 7.11 Å². The molecular weight excluding hydrogens is 455 g/mol. The fourth-order valence-electron chi connectivity index (χ4n) is 3.09. The predicted molar refractivity (Wildman–Crippen MR) is 117 cm³/mol. The summed E-state index contributed by atoms with van der Waals surface area (Å²) in [4.78, 5) is 38.1. The molecule has 2 aromatic carbocycles. The Morgan fingerprint density at radius 3 is 2.09 bits per heavy atom. The van der Waals surface area contributed by atoms with E-state index in [1.165, 1.54) is 0 Å². The maximum absolute atomic E-state index is 13.0. The number of ether oxygens (including phenoxy) is 1. The molecule has 1 aliphatic rings. The summed E-state index contributed by atoms with van der Waals surface area (Å²) in [6, 6.07) is 16.6. The molecule has 0 unspecified atom stereocenters. The molecule has 1 saturated heterocycles. The van der Waals surface area contributed by atoms with Gasteiger partial charge in [0.25, 0.3) is 5.91 Å². The van der Waals surface area contributed by atoms with Crippen LogP contribution in [0.2, 0.25) is 0 Å². The van der Waals surface area contributed by atoms with Gasteiger partial charge in [-0.3, -0.25) is 9.59 Å². The van der Waals surface area contributed by atoms with Gasteiger partial charge in [-0.2, -0.15) is 13.2 Å². The Bertz CT molecular complexity index is 947. The topological polar surface area (TPSA) is 99.2 Å². The largest absolute Gasteiger partial charge is 0.497 e. The van der Waals surface area contributed by atoms with E-state index in [0.717, 1.165) is 24.4 Å². The SMILES string of the molecule is COc1ccc(CN(CC(=O)N2CCNCC2)C(=O)c2ccccc2)cc1.O=C(O)C(F)(F)F. The molecule has 3 rings (SSSR count). The highest BCUT2D eigenvalue weighted by Gasteiger charge is 2.38. The first-order chi connectivity index (χ1) is 16.1. The Hall–Kier alpha value is -3.60. The predicted octanol–water partition coefficient (Wildman–Crippen LogP) is 2.40. The average molecular weight is 481 g/mol. The number of rotatable bonds is 6. The van der Waals surface area contributed by atoms with Gasteiger partial charge in [0.15, 0.2) is 0 Å². The Morgan fingerprint density at radius 2 is 1.59 bits per heavy atom. The van der Waals surface area contributed by atoms with Gasteiger partial charge in [0.2, 0.25) is 5.91 Å². The van der Waals surface area contributed by atoms with E-state index in [-0.39, 0.29) is 18.4 Å². The Kier molecular flexibility index (Phi) is 9.87. The maximum atomic E-state index is 13.0. The van der Waals surface area contributed by atoms with Crippen LogP contribution >= 0.6 is 0 Å². The molecule has 1 heterocycles. The summed E-state index contributed by atoms with van der Waals surface area (Å²) in [5.74, 6) is -2.16. The molecule has 8 nitrogen and oxygen atoms in total. The van der Waals surface area contributed by atoms with Crippen LogP contribution in [0.25, 0.3) is 0 Å². The molecule has 2 aromatic rings. The van der Waals surface area contributed by atoms with Crippen LogP contribution in [-0.2, 0) is 16.1 Å². The van der Waals surface area contributed by atoms with Crippen molar-refractivity contribution in [1.82, 2.24) is 15.1 Å². The molecule has 2 N–H and O–H groups in total. The van der Waals surface area contributed by atoms with E-state index in [1.807, 2.05) is 47.4 Å². The number of piperazine rings is 1. The number of benzene rings is 2. The second-order valence-electron chi connectivity index (χ2n) is 7.31. The number of carbonyl (C=O) groups is 3. The Morgan fingerprint density at radius 1 is 1.03 bits per heavy atom. The van der Waals surface area contributed by atoms with Crippen LogP contribution in [-0.4, -0.2) is 78.7 Å². The smallest absolute Gasteiger partial charge is 0.490 e. The van der Waals surface area contributed by atoms with E-state index in [2.05, 4.69) is 5.32 Å². The highest BCUT2D eigenvalue weighted by Crippen LogP contribution is 2.15. The number of carboxylic acid groups (broad SMARTS) is 1. The van der Waals surface area contributed by atoms with E-state index in [9.17, 15) is 22.8 Å². The minimum atomic E-state index is -5.08. The minimum Gasteiger partial charge on any atom is -0.497 e. The highest BCUT2D eigenvalue weighted by atomic mass is 19.4. The Labute approximate surface area is 194 Å². The van der Waals surface area contributed by atoms with Gasteiger partial charge in [-0.15, -0.1) is 0 Å². The number of aliphatic carboxylic acids is 1. The fourth-order valence-corrected chi connectivity index (χ4v) is 3.09. The molecule has 34 heavy (non-hydrogen) atoms. The van der Waals surface area contributed by atoms with E-state index in [4.69, 9.17) is 14.6 Å². The quantitative estimate of drug-likeness (QED) is 0.658. The maximum Gasteiger partial charge on any atom is 0.490 e. The number of halogens is 3. The monoisotopic (exact) mass is 481 g/mol. The van der Waals surface area contributed by atoms with Crippen LogP contribution in [0, 0.1) is 0 Å². The van der Waals surface area contributed by atoms with Gasteiger partial charge in [0.1, 0.15) is 12.3 Å². The summed E-state index contributed by atoms with van der Waals surface area (Å²) < 4.78 is 36.9. The first-order valence-corrected chi connectivity index (χ1v) is 10.4. The first-order valence-electron chi connectivity index (χ1n) is 10.4. The Balaban J connectivity index is 0.000000509. The molecule has 1 aliphatic heterocycles. The number of carboxylic acids is 1. The van der Waals surface area contributed by atoms with Crippen molar-refractivity contribution in [3.8, 4) is 5.75 Å². The van der Waals surface area contributed by atoms with Crippen LogP contribution in [0.5, 0.6) is 5.75 Å². The summed E-state index contributed by atoms with van der Waals surface area (Å²) in [5, 5.41) is 10.4. The molecule has 184 valence electrons. The molecular formula is C23H26F3N3O5. The lowest BCUT2D eigenvalue weighted by atomic mass is 10.1. The summed E-state index contributed by atoms with van der Waals surface area (Å²) >= 11 is 0. The normalized spacial score (nSPS) is 13.4. The van der Waals surface area contributed by atoms with Crippen LogP contribution in [0.3, 0.4) is 0 Å². The van der Waals surface area contributed by atoms with Crippen molar-refractivity contribution in [2.45, 2.75) is 12.7 Å². The van der Waals surface area contributed by atoms with Crippen molar-refractivity contribution in [3.05, 3.63) is 65.7 Å². The van der Waals surface area contributed by atoms with Crippen LogP contribution in [0.1, 0.15) is 15.9 Å². The summed E-state index contributed by atoms with van der Waals surface area (Å²) in [7, 11) is 1.62. The number of hydrogen-bond donors (Lipinski definition) is 2. The van der Waals surface area contributed by atoms with Crippen molar-refractivity contribution >= 4 is 17.8 Å². The molecule has 0 atom stereocenters. The summed E-state index contributed by atoms with van der Waals surface area (Å²) in [6.45, 7) is 3.37. The van der Waals surface area contributed by atoms with E-state index in [0.29, 0.717) is 25.2 Å². The van der Waals surface area contributed by atoms with Gasteiger partial charge < -0.3 is 25.0 Å². The fraction of sp³-hybridized carbons (Fsp3) is 0.348. The van der Waals surface area contributed by atoms with Gasteiger partial charge in [-0.25, -0.2) is 4.79 Å². The minimum absolute atomic E-state index is 0.0192. The number of nitrogens with zero attached hydrogens (tertiary/aromatic N) is 2. The molecule has 0 radical (unpaired) electrons. The molecule has 0 bridgehead atoms. The molecule has 11 heteroatoms. The van der Waals surface area contributed by atoms with Crippen molar-refractivity contribution in [3.63, 3.8) is 0 Å². The zero-order valence-corrected chi connectivity index (χ0v) is 18.5. The third-order valence-electron chi connectivity index (χ3n) is 4.88.